The number of ether oxygens (including phenoxy) is 1. The van der Waals surface area contributed by atoms with Gasteiger partial charge in [0.25, 0.3) is 0 Å². The standard InChI is InChI=1S/C16H27N3OS/c1-12-16(13(2)21-18-12)11-19-7-3-14(4-8-19)17-15-5-9-20-10-6-15/h14-15,17H,3-11H2,1-2H3. The number of hydrogen-bond donors (Lipinski definition) is 1. The first-order chi connectivity index (χ1) is 10.2. The van der Waals surface area contributed by atoms with Crippen molar-refractivity contribution in [3.05, 3.63) is 16.1 Å². The minimum Gasteiger partial charge on any atom is -0.381 e. The van der Waals surface area contributed by atoms with E-state index < -0.39 is 0 Å². The lowest BCUT2D eigenvalue weighted by molar-refractivity contribution is 0.0703. The lowest BCUT2D eigenvalue weighted by Gasteiger charge is -2.35. The van der Waals surface area contributed by atoms with Gasteiger partial charge in [-0.05, 0) is 64.2 Å². The van der Waals surface area contributed by atoms with Crippen molar-refractivity contribution >= 4 is 11.5 Å². The second kappa shape index (κ2) is 7.18. The molecule has 1 aromatic rings. The molecule has 2 aliphatic heterocycles. The van der Waals surface area contributed by atoms with E-state index in [-0.39, 0.29) is 0 Å². The van der Waals surface area contributed by atoms with Gasteiger partial charge in [0.15, 0.2) is 0 Å². The molecule has 118 valence electrons. The summed E-state index contributed by atoms with van der Waals surface area (Å²) in [6.45, 7) is 9.68. The van der Waals surface area contributed by atoms with Crippen LogP contribution in [-0.2, 0) is 11.3 Å². The van der Waals surface area contributed by atoms with Gasteiger partial charge in [-0.3, -0.25) is 4.90 Å². The predicted molar refractivity (Wildman–Crippen MR) is 86.9 cm³/mol. The van der Waals surface area contributed by atoms with E-state index in [1.165, 1.54) is 54.9 Å². The molecular weight excluding hydrogens is 282 g/mol. The monoisotopic (exact) mass is 309 g/mol. The van der Waals surface area contributed by atoms with Crippen LogP contribution in [-0.4, -0.2) is 47.7 Å². The Morgan fingerprint density at radius 3 is 2.43 bits per heavy atom. The van der Waals surface area contributed by atoms with E-state index in [1.807, 2.05) is 0 Å². The van der Waals surface area contributed by atoms with Crippen LogP contribution in [0.5, 0.6) is 0 Å². The van der Waals surface area contributed by atoms with Gasteiger partial charge < -0.3 is 10.1 Å². The summed E-state index contributed by atoms with van der Waals surface area (Å²) in [4.78, 5) is 3.97. The first-order valence-electron chi connectivity index (χ1n) is 8.20. The van der Waals surface area contributed by atoms with Gasteiger partial charge in [0, 0.05) is 42.3 Å². The van der Waals surface area contributed by atoms with Crippen molar-refractivity contribution < 1.29 is 4.74 Å². The summed E-state index contributed by atoms with van der Waals surface area (Å²) in [5.74, 6) is 0. The van der Waals surface area contributed by atoms with Gasteiger partial charge in [-0.1, -0.05) is 0 Å². The molecule has 0 atom stereocenters. The van der Waals surface area contributed by atoms with Crippen molar-refractivity contribution in [1.29, 1.82) is 0 Å². The number of aromatic nitrogens is 1. The zero-order valence-corrected chi connectivity index (χ0v) is 14.0. The van der Waals surface area contributed by atoms with Gasteiger partial charge >= 0.3 is 0 Å². The Kier molecular flexibility index (Phi) is 5.27. The molecule has 1 aromatic heterocycles. The van der Waals surface area contributed by atoms with Gasteiger partial charge in [0.05, 0.1) is 5.69 Å². The second-order valence-corrected chi connectivity index (χ2v) is 7.38. The molecule has 1 N–H and O–H groups in total. The predicted octanol–water partition coefficient (Wildman–Crippen LogP) is 2.49. The van der Waals surface area contributed by atoms with Crippen molar-refractivity contribution in [2.75, 3.05) is 26.3 Å². The van der Waals surface area contributed by atoms with E-state index >= 15 is 0 Å². The molecule has 0 bridgehead atoms. The molecule has 0 aromatic carbocycles. The average molecular weight is 309 g/mol. The van der Waals surface area contributed by atoms with Gasteiger partial charge in [0.2, 0.25) is 0 Å². The summed E-state index contributed by atoms with van der Waals surface area (Å²) in [5, 5.41) is 3.84. The van der Waals surface area contributed by atoms with Crippen molar-refractivity contribution in [3.8, 4) is 0 Å². The highest BCUT2D eigenvalue weighted by atomic mass is 32.1. The van der Waals surface area contributed by atoms with E-state index in [0.29, 0.717) is 12.1 Å². The van der Waals surface area contributed by atoms with Gasteiger partial charge in [-0.15, -0.1) is 0 Å². The number of aryl methyl sites for hydroxylation is 2. The maximum Gasteiger partial charge on any atom is 0.0559 e. The molecule has 2 saturated heterocycles. The van der Waals surface area contributed by atoms with Crippen molar-refractivity contribution in [1.82, 2.24) is 14.6 Å². The van der Waals surface area contributed by atoms with E-state index in [2.05, 4.69) is 28.4 Å². The molecule has 0 unspecified atom stereocenters. The molecule has 0 aliphatic carbocycles. The third kappa shape index (κ3) is 4.03. The van der Waals surface area contributed by atoms with Crippen LogP contribution in [0.15, 0.2) is 0 Å². The van der Waals surface area contributed by atoms with Crippen molar-refractivity contribution in [3.63, 3.8) is 0 Å². The molecule has 5 heteroatoms. The summed E-state index contributed by atoms with van der Waals surface area (Å²) < 4.78 is 9.90. The van der Waals surface area contributed by atoms with Crippen LogP contribution < -0.4 is 5.32 Å². The summed E-state index contributed by atoms with van der Waals surface area (Å²) >= 11 is 1.64. The highest BCUT2D eigenvalue weighted by Gasteiger charge is 2.23. The first kappa shape index (κ1) is 15.4. The van der Waals surface area contributed by atoms with Crippen LogP contribution in [0.2, 0.25) is 0 Å². The zero-order valence-electron chi connectivity index (χ0n) is 13.2. The molecule has 2 aliphatic rings. The second-order valence-electron chi connectivity index (χ2n) is 6.41. The van der Waals surface area contributed by atoms with Crippen LogP contribution >= 0.6 is 11.5 Å². The molecular formula is C16H27N3OS. The van der Waals surface area contributed by atoms with Crippen LogP contribution in [0.3, 0.4) is 0 Å². The van der Waals surface area contributed by atoms with Crippen molar-refractivity contribution in [2.24, 2.45) is 0 Å². The van der Waals surface area contributed by atoms with E-state index in [0.717, 1.165) is 19.8 Å². The Morgan fingerprint density at radius 1 is 1.14 bits per heavy atom. The van der Waals surface area contributed by atoms with Crippen LogP contribution in [0.4, 0.5) is 0 Å². The maximum atomic E-state index is 5.43. The topological polar surface area (TPSA) is 37.4 Å². The molecule has 4 nitrogen and oxygen atoms in total. The normalized spacial score (nSPS) is 22.8. The van der Waals surface area contributed by atoms with Crippen molar-refractivity contribution in [2.45, 2.75) is 58.2 Å². The fourth-order valence-electron chi connectivity index (χ4n) is 3.41. The SMILES string of the molecule is Cc1nsc(C)c1CN1CCC(NC2CCOCC2)CC1. The summed E-state index contributed by atoms with van der Waals surface area (Å²) in [5.41, 5.74) is 2.68. The Morgan fingerprint density at radius 2 is 1.81 bits per heavy atom. The molecule has 0 saturated carbocycles. The summed E-state index contributed by atoms with van der Waals surface area (Å²) in [6.07, 6.45) is 4.90. The Hall–Kier alpha value is -0.490. The molecule has 3 heterocycles. The third-order valence-corrected chi connectivity index (χ3v) is 5.73. The highest BCUT2D eigenvalue weighted by molar-refractivity contribution is 7.05. The lowest BCUT2D eigenvalue weighted by Crippen LogP contribution is -2.47. The summed E-state index contributed by atoms with van der Waals surface area (Å²) in [7, 11) is 0. The molecule has 0 spiro atoms. The molecule has 3 rings (SSSR count). The number of nitrogens with one attached hydrogen (secondary N) is 1. The lowest BCUT2D eigenvalue weighted by atomic mass is 10.0. The van der Waals surface area contributed by atoms with E-state index in [9.17, 15) is 0 Å². The Labute approximate surface area is 132 Å². The minimum absolute atomic E-state index is 0.681. The number of piperidine rings is 1. The molecule has 21 heavy (non-hydrogen) atoms. The first-order valence-corrected chi connectivity index (χ1v) is 8.97. The van der Waals surface area contributed by atoms with Gasteiger partial charge in [-0.25, -0.2) is 0 Å². The fourth-order valence-corrected chi connectivity index (χ4v) is 4.11. The van der Waals surface area contributed by atoms with E-state index in [4.69, 9.17) is 4.74 Å². The number of rotatable bonds is 4. The van der Waals surface area contributed by atoms with E-state index in [1.54, 1.807) is 11.5 Å². The zero-order chi connectivity index (χ0) is 14.7. The van der Waals surface area contributed by atoms with Gasteiger partial charge in [-0.2, -0.15) is 4.37 Å². The van der Waals surface area contributed by atoms with Crippen LogP contribution in [0.1, 0.15) is 41.8 Å². The largest absolute Gasteiger partial charge is 0.381 e. The Balaban J connectivity index is 1.44. The number of hydrogen-bond acceptors (Lipinski definition) is 5. The smallest absolute Gasteiger partial charge is 0.0559 e. The number of likely N-dealkylation sites (tertiary alicyclic amines) is 1. The summed E-state index contributed by atoms with van der Waals surface area (Å²) in [6, 6.07) is 1.38. The minimum atomic E-state index is 0.681. The maximum absolute atomic E-state index is 5.43. The number of nitrogens with zero attached hydrogens (tertiary/aromatic N) is 2. The molecule has 0 amide bonds. The van der Waals surface area contributed by atoms with Crippen LogP contribution in [0.25, 0.3) is 0 Å². The quantitative estimate of drug-likeness (QED) is 0.927. The van der Waals surface area contributed by atoms with Gasteiger partial charge in [0.1, 0.15) is 0 Å². The molecule has 2 fully saturated rings. The third-order valence-electron chi connectivity index (χ3n) is 4.84. The average Bonchev–Trinajstić information content (AvgIpc) is 2.82. The molecule has 0 radical (unpaired) electrons. The Bertz CT molecular complexity index is 429. The highest BCUT2D eigenvalue weighted by Crippen LogP contribution is 2.22. The van der Waals surface area contributed by atoms with Crippen LogP contribution in [0, 0.1) is 13.8 Å². The fraction of sp³-hybridized carbons (Fsp3) is 0.812.